The summed E-state index contributed by atoms with van der Waals surface area (Å²) in [6.45, 7) is 7.31. The van der Waals surface area contributed by atoms with Crippen LogP contribution in [-0.2, 0) is 0 Å². The van der Waals surface area contributed by atoms with Crippen LogP contribution in [0.15, 0.2) is 28.7 Å². The Morgan fingerprint density at radius 3 is 2.62 bits per heavy atom. The molecule has 0 heterocycles. The topological polar surface area (TPSA) is 21.3 Å². The molecule has 0 radical (unpaired) electrons. The third-order valence-corrected chi connectivity index (χ3v) is 3.19. The van der Waals surface area contributed by atoms with Crippen LogP contribution in [0.2, 0.25) is 0 Å². The number of halogens is 1. The molecule has 3 heteroatoms. The van der Waals surface area contributed by atoms with E-state index in [1.807, 2.05) is 24.3 Å². The zero-order chi connectivity index (χ0) is 12.0. The van der Waals surface area contributed by atoms with Gasteiger partial charge in [-0.1, -0.05) is 19.1 Å². The average molecular weight is 286 g/mol. The summed E-state index contributed by atoms with van der Waals surface area (Å²) in [5, 5.41) is 3.43. The van der Waals surface area contributed by atoms with Gasteiger partial charge in [0, 0.05) is 12.6 Å². The summed E-state index contributed by atoms with van der Waals surface area (Å²) in [7, 11) is 0. The molecule has 1 rings (SSSR count). The van der Waals surface area contributed by atoms with E-state index in [1.54, 1.807) is 0 Å². The van der Waals surface area contributed by atoms with Crippen LogP contribution in [0.1, 0.15) is 27.2 Å². The fourth-order valence-corrected chi connectivity index (χ4v) is 1.69. The normalized spacial score (nSPS) is 14.5. The molecule has 0 aliphatic carbocycles. The fourth-order valence-electron chi connectivity index (χ4n) is 1.31. The second kappa shape index (κ2) is 6.92. The minimum absolute atomic E-state index is 0.174. The van der Waals surface area contributed by atoms with E-state index in [0.717, 1.165) is 23.2 Å². The van der Waals surface area contributed by atoms with E-state index in [-0.39, 0.29) is 6.10 Å². The summed E-state index contributed by atoms with van der Waals surface area (Å²) in [5.41, 5.74) is 0. The zero-order valence-corrected chi connectivity index (χ0v) is 11.8. The third-order valence-electron chi connectivity index (χ3n) is 2.53. The van der Waals surface area contributed by atoms with Crippen LogP contribution in [0.25, 0.3) is 0 Å². The van der Waals surface area contributed by atoms with Crippen LogP contribution < -0.4 is 10.1 Å². The molecule has 2 atom stereocenters. The summed E-state index contributed by atoms with van der Waals surface area (Å²) in [5.74, 6) is 0.904. The number of hydrogen-bond donors (Lipinski definition) is 1. The van der Waals surface area contributed by atoms with E-state index in [4.69, 9.17) is 4.74 Å². The van der Waals surface area contributed by atoms with E-state index in [1.165, 1.54) is 0 Å². The highest BCUT2D eigenvalue weighted by Gasteiger charge is 2.07. The van der Waals surface area contributed by atoms with Crippen molar-refractivity contribution in [2.45, 2.75) is 39.3 Å². The van der Waals surface area contributed by atoms with Crippen molar-refractivity contribution >= 4 is 15.9 Å². The van der Waals surface area contributed by atoms with E-state index >= 15 is 0 Å². The Bertz CT molecular complexity index is 317. The number of hydrogen-bond acceptors (Lipinski definition) is 2. The molecule has 0 bridgehead atoms. The Morgan fingerprint density at radius 2 is 2.00 bits per heavy atom. The molecule has 0 spiro atoms. The Balaban J connectivity index is 2.40. The lowest BCUT2D eigenvalue weighted by Crippen LogP contribution is -2.34. The molecular formula is C13H20BrNO. The highest BCUT2D eigenvalue weighted by atomic mass is 79.9. The third kappa shape index (κ3) is 4.54. The maximum Gasteiger partial charge on any atom is 0.133 e. The molecule has 1 N–H and O–H groups in total. The largest absolute Gasteiger partial charge is 0.488 e. The Kier molecular flexibility index (Phi) is 5.85. The zero-order valence-electron chi connectivity index (χ0n) is 10.2. The molecule has 90 valence electrons. The van der Waals surface area contributed by atoms with Crippen LogP contribution in [0, 0.1) is 0 Å². The van der Waals surface area contributed by atoms with Crippen molar-refractivity contribution in [3.8, 4) is 5.75 Å². The monoisotopic (exact) mass is 285 g/mol. The van der Waals surface area contributed by atoms with Gasteiger partial charge in [0.15, 0.2) is 0 Å². The standard InChI is InChI=1S/C13H20BrNO/c1-4-10(2)15-9-11(3)16-13-8-6-5-7-12(13)14/h5-8,10-11,15H,4,9H2,1-3H3. The predicted octanol–water partition coefficient (Wildman–Crippen LogP) is 3.60. The summed E-state index contributed by atoms with van der Waals surface area (Å²) < 4.78 is 6.84. The first-order valence-corrected chi connectivity index (χ1v) is 6.57. The van der Waals surface area contributed by atoms with Crippen molar-refractivity contribution in [3.05, 3.63) is 28.7 Å². The molecule has 0 saturated heterocycles. The maximum absolute atomic E-state index is 5.83. The Morgan fingerprint density at radius 1 is 1.31 bits per heavy atom. The van der Waals surface area contributed by atoms with Gasteiger partial charge in [0.05, 0.1) is 4.47 Å². The Hall–Kier alpha value is -0.540. The number of ether oxygens (including phenoxy) is 1. The van der Waals surface area contributed by atoms with Gasteiger partial charge in [0.25, 0.3) is 0 Å². The van der Waals surface area contributed by atoms with Crippen molar-refractivity contribution < 1.29 is 4.74 Å². The molecule has 2 nitrogen and oxygen atoms in total. The van der Waals surface area contributed by atoms with Crippen LogP contribution >= 0.6 is 15.9 Å². The lowest BCUT2D eigenvalue weighted by molar-refractivity contribution is 0.210. The molecular weight excluding hydrogens is 266 g/mol. The van der Waals surface area contributed by atoms with Crippen LogP contribution in [-0.4, -0.2) is 18.7 Å². The van der Waals surface area contributed by atoms with Gasteiger partial charge in [-0.05, 0) is 48.3 Å². The van der Waals surface area contributed by atoms with E-state index in [2.05, 4.69) is 42.0 Å². The molecule has 2 unspecified atom stereocenters. The molecule has 1 aromatic rings. The van der Waals surface area contributed by atoms with Gasteiger partial charge in [0.1, 0.15) is 11.9 Å². The summed E-state index contributed by atoms with van der Waals surface area (Å²) in [4.78, 5) is 0. The summed E-state index contributed by atoms with van der Waals surface area (Å²) in [6.07, 6.45) is 1.31. The van der Waals surface area contributed by atoms with E-state index in [9.17, 15) is 0 Å². The van der Waals surface area contributed by atoms with Gasteiger partial charge in [-0.3, -0.25) is 0 Å². The molecule has 16 heavy (non-hydrogen) atoms. The lowest BCUT2D eigenvalue weighted by Gasteiger charge is -2.18. The van der Waals surface area contributed by atoms with Gasteiger partial charge < -0.3 is 10.1 Å². The first-order chi connectivity index (χ1) is 7.63. The Labute approximate surface area is 107 Å². The summed E-state index contributed by atoms with van der Waals surface area (Å²) >= 11 is 3.47. The van der Waals surface area contributed by atoms with Gasteiger partial charge >= 0.3 is 0 Å². The number of rotatable bonds is 6. The molecule has 0 amide bonds. The van der Waals surface area contributed by atoms with Crippen molar-refractivity contribution in [3.63, 3.8) is 0 Å². The molecule has 0 aliphatic heterocycles. The number of benzene rings is 1. The van der Waals surface area contributed by atoms with Gasteiger partial charge in [0.2, 0.25) is 0 Å². The second-order valence-corrected chi connectivity index (χ2v) is 4.93. The maximum atomic E-state index is 5.83. The van der Waals surface area contributed by atoms with E-state index < -0.39 is 0 Å². The second-order valence-electron chi connectivity index (χ2n) is 4.08. The SMILES string of the molecule is CCC(C)NCC(C)Oc1ccccc1Br. The molecule has 0 saturated carbocycles. The molecule has 0 aromatic heterocycles. The van der Waals surface area contributed by atoms with Gasteiger partial charge in [-0.25, -0.2) is 0 Å². The van der Waals surface area contributed by atoms with Crippen LogP contribution in [0.5, 0.6) is 5.75 Å². The van der Waals surface area contributed by atoms with Crippen molar-refractivity contribution in [2.75, 3.05) is 6.54 Å². The molecule has 1 aromatic carbocycles. The van der Waals surface area contributed by atoms with Gasteiger partial charge in [-0.15, -0.1) is 0 Å². The smallest absolute Gasteiger partial charge is 0.133 e. The van der Waals surface area contributed by atoms with Crippen molar-refractivity contribution in [1.29, 1.82) is 0 Å². The fraction of sp³-hybridized carbons (Fsp3) is 0.538. The van der Waals surface area contributed by atoms with Crippen LogP contribution in [0.3, 0.4) is 0 Å². The number of nitrogens with one attached hydrogen (secondary N) is 1. The average Bonchev–Trinajstić information content (AvgIpc) is 2.29. The van der Waals surface area contributed by atoms with E-state index in [0.29, 0.717) is 6.04 Å². The van der Waals surface area contributed by atoms with Crippen molar-refractivity contribution in [2.24, 2.45) is 0 Å². The predicted molar refractivity (Wildman–Crippen MR) is 72.0 cm³/mol. The quantitative estimate of drug-likeness (QED) is 0.862. The first kappa shape index (κ1) is 13.5. The molecule has 0 fully saturated rings. The minimum atomic E-state index is 0.174. The first-order valence-electron chi connectivity index (χ1n) is 5.78. The lowest BCUT2D eigenvalue weighted by atomic mass is 10.2. The minimum Gasteiger partial charge on any atom is -0.488 e. The highest BCUT2D eigenvalue weighted by Crippen LogP contribution is 2.24. The molecule has 0 aliphatic rings. The van der Waals surface area contributed by atoms with Crippen molar-refractivity contribution in [1.82, 2.24) is 5.32 Å². The van der Waals surface area contributed by atoms with Gasteiger partial charge in [-0.2, -0.15) is 0 Å². The highest BCUT2D eigenvalue weighted by molar-refractivity contribution is 9.10. The van der Waals surface area contributed by atoms with Crippen LogP contribution in [0.4, 0.5) is 0 Å². The number of para-hydroxylation sites is 1. The summed E-state index contributed by atoms with van der Waals surface area (Å²) in [6, 6.07) is 8.48.